The van der Waals surface area contributed by atoms with Gasteiger partial charge in [-0.15, -0.1) is 21.5 Å². The molecular formula is C20H17N3O3S2. The Morgan fingerprint density at radius 2 is 1.79 bits per heavy atom. The van der Waals surface area contributed by atoms with Crippen LogP contribution >= 0.6 is 23.1 Å². The van der Waals surface area contributed by atoms with Crippen LogP contribution in [0.5, 0.6) is 11.5 Å². The number of thiazole rings is 1. The van der Waals surface area contributed by atoms with Gasteiger partial charge in [0.1, 0.15) is 16.5 Å². The second kappa shape index (κ2) is 8.45. The van der Waals surface area contributed by atoms with E-state index in [-0.39, 0.29) is 0 Å². The first kappa shape index (κ1) is 18.5. The minimum atomic E-state index is 0.487. The monoisotopic (exact) mass is 411 g/mol. The summed E-state index contributed by atoms with van der Waals surface area (Å²) in [5.41, 5.74) is 2.87. The first-order valence-corrected chi connectivity index (χ1v) is 10.3. The van der Waals surface area contributed by atoms with Crippen LogP contribution in [0, 0.1) is 0 Å². The summed E-state index contributed by atoms with van der Waals surface area (Å²) in [6, 6.07) is 15.4. The van der Waals surface area contributed by atoms with Crippen LogP contribution in [0.15, 0.2) is 63.6 Å². The average molecular weight is 412 g/mol. The molecule has 8 heteroatoms. The quantitative estimate of drug-likeness (QED) is 0.389. The highest BCUT2D eigenvalue weighted by Crippen LogP contribution is 2.30. The first-order chi connectivity index (χ1) is 13.7. The van der Waals surface area contributed by atoms with Gasteiger partial charge in [-0.05, 0) is 36.4 Å². The van der Waals surface area contributed by atoms with Crippen molar-refractivity contribution in [3.8, 4) is 33.5 Å². The molecule has 4 rings (SSSR count). The van der Waals surface area contributed by atoms with Crippen LogP contribution < -0.4 is 9.47 Å². The predicted molar refractivity (Wildman–Crippen MR) is 110 cm³/mol. The molecule has 0 saturated heterocycles. The highest BCUT2D eigenvalue weighted by atomic mass is 32.2. The molecule has 0 unspecified atom stereocenters. The minimum Gasteiger partial charge on any atom is -0.497 e. The van der Waals surface area contributed by atoms with Crippen molar-refractivity contribution in [2.24, 2.45) is 0 Å². The summed E-state index contributed by atoms with van der Waals surface area (Å²) in [7, 11) is 3.29. The molecule has 0 bridgehead atoms. The molecule has 4 aromatic rings. The predicted octanol–water partition coefficient (Wildman–Crippen LogP) is 5.17. The van der Waals surface area contributed by atoms with E-state index < -0.39 is 0 Å². The molecular weight excluding hydrogens is 394 g/mol. The topological polar surface area (TPSA) is 70.3 Å². The van der Waals surface area contributed by atoms with Crippen LogP contribution in [0.2, 0.25) is 0 Å². The summed E-state index contributed by atoms with van der Waals surface area (Å²) >= 11 is 3.07. The van der Waals surface area contributed by atoms with E-state index in [0.717, 1.165) is 33.3 Å². The summed E-state index contributed by atoms with van der Waals surface area (Å²) in [6.07, 6.45) is 0. The Hall–Kier alpha value is -2.84. The fraction of sp³-hybridized carbons (Fsp3) is 0.150. The van der Waals surface area contributed by atoms with Crippen molar-refractivity contribution in [1.29, 1.82) is 0 Å². The normalized spacial score (nSPS) is 10.8. The molecule has 2 aromatic heterocycles. The Kier molecular flexibility index (Phi) is 5.59. The van der Waals surface area contributed by atoms with E-state index in [4.69, 9.17) is 18.9 Å². The molecule has 28 heavy (non-hydrogen) atoms. The zero-order chi connectivity index (χ0) is 19.3. The minimum absolute atomic E-state index is 0.487. The van der Waals surface area contributed by atoms with E-state index in [1.54, 1.807) is 25.6 Å². The Labute approximate surface area is 170 Å². The summed E-state index contributed by atoms with van der Waals surface area (Å²) < 4.78 is 16.2. The van der Waals surface area contributed by atoms with Crippen LogP contribution in [-0.2, 0) is 5.75 Å². The zero-order valence-electron chi connectivity index (χ0n) is 15.3. The molecule has 0 aliphatic carbocycles. The molecule has 6 nitrogen and oxygen atoms in total. The molecule has 0 N–H and O–H groups in total. The standard InChI is InChI=1S/C20H17N3O3S2/c1-24-16-8-6-13(7-9-16)18-22-23-20(26-18)28-12-15-11-27-19(21-15)14-4-3-5-17(10-14)25-2/h3-11H,12H2,1-2H3. The van der Waals surface area contributed by atoms with Crippen LogP contribution in [0.25, 0.3) is 22.0 Å². The number of hydrogen-bond acceptors (Lipinski definition) is 8. The summed E-state index contributed by atoms with van der Waals surface area (Å²) in [5, 5.41) is 11.7. The Bertz CT molecular complexity index is 1060. The van der Waals surface area contributed by atoms with Crippen molar-refractivity contribution in [3.05, 3.63) is 59.6 Å². The zero-order valence-corrected chi connectivity index (χ0v) is 16.9. The van der Waals surface area contributed by atoms with Gasteiger partial charge in [0.05, 0.1) is 19.9 Å². The lowest BCUT2D eigenvalue weighted by Crippen LogP contribution is -1.85. The van der Waals surface area contributed by atoms with Gasteiger partial charge in [0.25, 0.3) is 5.22 Å². The average Bonchev–Trinajstić information content (AvgIpc) is 3.42. The largest absolute Gasteiger partial charge is 0.497 e. The molecule has 2 aromatic carbocycles. The number of rotatable bonds is 7. The lowest BCUT2D eigenvalue weighted by Gasteiger charge is -2.01. The highest BCUT2D eigenvalue weighted by molar-refractivity contribution is 7.98. The molecule has 0 aliphatic rings. The highest BCUT2D eigenvalue weighted by Gasteiger charge is 2.11. The molecule has 0 fully saturated rings. The van der Waals surface area contributed by atoms with Gasteiger partial charge < -0.3 is 13.9 Å². The van der Waals surface area contributed by atoms with Gasteiger partial charge in [-0.3, -0.25) is 0 Å². The van der Waals surface area contributed by atoms with Crippen LogP contribution in [0.4, 0.5) is 0 Å². The number of ether oxygens (including phenoxy) is 2. The van der Waals surface area contributed by atoms with Crippen molar-refractivity contribution < 1.29 is 13.9 Å². The lowest BCUT2D eigenvalue weighted by atomic mass is 10.2. The molecule has 142 valence electrons. The molecule has 0 spiro atoms. The third-order valence-electron chi connectivity index (χ3n) is 3.96. The van der Waals surface area contributed by atoms with Gasteiger partial charge in [-0.25, -0.2) is 4.98 Å². The smallest absolute Gasteiger partial charge is 0.277 e. The maximum atomic E-state index is 5.75. The Morgan fingerprint density at radius 1 is 0.964 bits per heavy atom. The van der Waals surface area contributed by atoms with E-state index >= 15 is 0 Å². The first-order valence-electron chi connectivity index (χ1n) is 8.45. The molecule has 2 heterocycles. The van der Waals surface area contributed by atoms with Crippen molar-refractivity contribution in [3.63, 3.8) is 0 Å². The number of aromatic nitrogens is 3. The van der Waals surface area contributed by atoms with Gasteiger partial charge in [0, 0.05) is 22.3 Å². The van der Waals surface area contributed by atoms with Crippen LogP contribution in [0.3, 0.4) is 0 Å². The second-order valence-electron chi connectivity index (χ2n) is 5.77. The van der Waals surface area contributed by atoms with E-state index in [2.05, 4.69) is 10.2 Å². The van der Waals surface area contributed by atoms with E-state index in [1.165, 1.54) is 11.8 Å². The molecule has 0 saturated carbocycles. The fourth-order valence-corrected chi connectivity index (χ4v) is 4.09. The Balaban J connectivity index is 1.41. The SMILES string of the molecule is COc1ccc(-c2nnc(SCc3csc(-c4cccc(OC)c4)n3)o2)cc1. The van der Waals surface area contributed by atoms with Gasteiger partial charge in [-0.2, -0.15) is 0 Å². The third-order valence-corrected chi connectivity index (χ3v) is 5.75. The number of benzene rings is 2. The van der Waals surface area contributed by atoms with Gasteiger partial charge in [0.2, 0.25) is 5.89 Å². The third kappa shape index (κ3) is 4.18. The maximum absolute atomic E-state index is 5.75. The van der Waals surface area contributed by atoms with Crippen molar-refractivity contribution in [1.82, 2.24) is 15.2 Å². The van der Waals surface area contributed by atoms with Gasteiger partial charge in [-0.1, -0.05) is 23.9 Å². The van der Waals surface area contributed by atoms with E-state index in [0.29, 0.717) is 16.9 Å². The summed E-state index contributed by atoms with van der Waals surface area (Å²) in [4.78, 5) is 4.69. The number of thioether (sulfide) groups is 1. The fourth-order valence-electron chi connectivity index (χ4n) is 2.52. The van der Waals surface area contributed by atoms with Gasteiger partial charge in [0.15, 0.2) is 0 Å². The maximum Gasteiger partial charge on any atom is 0.277 e. The van der Waals surface area contributed by atoms with Crippen molar-refractivity contribution >= 4 is 23.1 Å². The molecule has 0 aliphatic heterocycles. The van der Waals surface area contributed by atoms with Crippen LogP contribution in [0.1, 0.15) is 5.69 Å². The van der Waals surface area contributed by atoms with Crippen molar-refractivity contribution in [2.75, 3.05) is 14.2 Å². The van der Waals surface area contributed by atoms with Gasteiger partial charge >= 0.3 is 0 Å². The number of hydrogen-bond donors (Lipinski definition) is 0. The molecule has 0 radical (unpaired) electrons. The summed E-state index contributed by atoms with van der Waals surface area (Å²) in [6.45, 7) is 0. The number of nitrogens with zero attached hydrogens (tertiary/aromatic N) is 3. The number of methoxy groups -OCH3 is 2. The van der Waals surface area contributed by atoms with Crippen molar-refractivity contribution in [2.45, 2.75) is 11.0 Å². The second-order valence-corrected chi connectivity index (χ2v) is 7.55. The summed E-state index contributed by atoms with van der Waals surface area (Å²) in [5.74, 6) is 2.75. The van der Waals surface area contributed by atoms with E-state index in [1.807, 2.05) is 53.9 Å². The molecule has 0 atom stereocenters. The molecule has 0 amide bonds. The Morgan fingerprint density at radius 3 is 2.57 bits per heavy atom. The van der Waals surface area contributed by atoms with E-state index in [9.17, 15) is 0 Å². The van der Waals surface area contributed by atoms with Crippen LogP contribution in [-0.4, -0.2) is 29.4 Å². The lowest BCUT2D eigenvalue weighted by molar-refractivity contribution is 0.414.